The molecule has 1 N–H and O–H groups in total. The zero-order valence-electron chi connectivity index (χ0n) is 13.5. The molecule has 0 spiro atoms. The molecule has 0 aliphatic carbocycles. The number of amides is 1. The van der Waals surface area contributed by atoms with Gasteiger partial charge in [-0.2, -0.15) is 0 Å². The van der Waals surface area contributed by atoms with Crippen molar-refractivity contribution in [1.29, 1.82) is 0 Å². The van der Waals surface area contributed by atoms with Gasteiger partial charge < -0.3 is 9.73 Å². The number of aryl methyl sites for hydroxylation is 1. The third-order valence-electron chi connectivity index (χ3n) is 3.71. The lowest BCUT2D eigenvalue weighted by Crippen LogP contribution is -2.07. The van der Waals surface area contributed by atoms with Gasteiger partial charge in [0.05, 0.1) is 0 Å². The van der Waals surface area contributed by atoms with Crippen molar-refractivity contribution in [2.45, 2.75) is 13.3 Å². The van der Waals surface area contributed by atoms with E-state index in [1.165, 1.54) is 11.6 Å². The highest BCUT2D eigenvalue weighted by Crippen LogP contribution is 2.22. The van der Waals surface area contributed by atoms with Gasteiger partial charge >= 0.3 is 0 Å². The third-order valence-corrected chi connectivity index (χ3v) is 3.71. The largest absolute Gasteiger partial charge is 0.457 e. The van der Waals surface area contributed by atoms with Crippen LogP contribution in [0.5, 0.6) is 0 Å². The van der Waals surface area contributed by atoms with Gasteiger partial charge in [-0.3, -0.25) is 4.79 Å². The lowest BCUT2D eigenvalue weighted by atomic mass is 10.1. The fourth-order valence-electron chi connectivity index (χ4n) is 2.37. The van der Waals surface area contributed by atoms with Crippen LogP contribution < -0.4 is 5.32 Å². The first-order valence-electron chi connectivity index (χ1n) is 7.98. The van der Waals surface area contributed by atoms with E-state index in [0.717, 1.165) is 23.4 Å². The van der Waals surface area contributed by atoms with E-state index in [-0.39, 0.29) is 5.91 Å². The minimum absolute atomic E-state index is 0.183. The van der Waals surface area contributed by atoms with Gasteiger partial charge in [-0.25, -0.2) is 0 Å². The van der Waals surface area contributed by atoms with Crippen molar-refractivity contribution in [2.24, 2.45) is 0 Å². The number of rotatable bonds is 5. The molecule has 0 fully saturated rings. The van der Waals surface area contributed by atoms with Crippen LogP contribution in [0.25, 0.3) is 17.4 Å². The van der Waals surface area contributed by atoms with Crippen molar-refractivity contribution in [3.05, 3.63) is 84.1 Å². The first-order valence-corrected chi connectivity index (χ1v) is 7.98. The Bertz CT molecular complexity index is 830. The fraction of sp³-hybridized carbons (Fsp3) is 0.0952. The number of benzene rings is 2. The minimum atomic E-state index is -0.183. The molecule has 1 amide bonds. The molecule has 120 valence electrons. The summed E-state index contributed by atoms with van der Waals surface area (Å²) in [4.78, 5) is 12.0. The van der Waals surface area contributed by atoms with Crippen molar-refractivity contribution in [1.82, 2.24) is 0 Å². The molecule has 3 heteroatoms. The maximum atomic E-state index is 12.0. The van der Waals surface area contributed by atoms with E-state index in [1.807, 2.05) is 66.7 Å². The number of furan rings is 1. The predicted molar refractivity (Wildman–Crippen MR) is 97.6 cm³/mol. The van der Waals surface area contributed by atoms with Crippen LogP contribution in [0.2, 0.25) is 0 Å². The molecule has 0 radical (unpaired) electrons. The van der Waals surface area contributed by atoms with Crippen LogP contribution in [0.1, 0.15) is 18.2 Å². The number of carbonyl (C=O) groups is 1. The van der Waals surface area contributed by atoms with Gasteiger partial charge in [0, 0.05) is 17.3 Å². The Morgan fingerprint density at radius 1 is 1.00 bits per heavy atom. The maximum Gasteiger partial charge on any atom is 0.248 e. The standard InChI is InChI=1S/C21H19NO2/c1-2-16-8-10-18(11-9-16)22-21(23)15-13-19-12-14-20(24-19)17-6-4-3-5-7-17/h3-15H,2H2,1H3,(H,22,23)/b15-13+. The van der Waals surface area contributed by atoms with Gasteiger partial charge in [0.2, 0.25) is 5.91 Å². The molecular weight excluding hydrogens is 298 g/mol. The molecule has 0 aliphatic rings. The molecule has 3 aromatic rings. The molecule has 0 aliphatic heterocycles. The van der Waals surface area contributed by atoms with Crippen molar-refractivity contribution in [3.63, 3.8) is 0 Å². The molecular formula is C21H19NO2. The second kappa shape index (κ2) is 7.47. The zero-order chi connectivity index (χ0) is 16.8. The Balaban J connectivity index is 1.63. The van der Waals surface area contributed by atoms with Crippen LogP contribution >= 0.6 is 0 Å². The van der Waals surface area contributed by atoms with Crippen LogP contribution in [-0.2, 0) is 11.2 Å². The number of hydrogen-bond donors (Lipinski definition) is 1. The van der Waals surface area contributed by atoms with E-state index >= 15 is 0 Å². The molecule has 2 aromatic carbocycles. The third kappa shape index (κ3) is 4.02. The normalized spacial score (nSPS) is 10.9. The second-order valence-corrected chi connectivity index (χ2v) is 5.44. The molecule has 0 saturated heterocycles. The average Bonchev–Trinajstić information content (AvgIpc) is 3.10. The number of carbonyl (C=O) groups excluding carboxylic acids is 1. The zero-order valence-corrected chi connectivity index (χ0v) is 13.5. The van der Waals surface area contributed by atoms with Crippen LogP contribution in [0.15, 0.2) is 77.2 Å². The van der Waals surface area contributed by atoms with Crippen LogP contribution in [0.4, 0.5) is 5.69 Å². The van der Waals surface area contributed by atoms with E-state index in [4.69, 9.17) is 4.42 Å². The topological polar surface area (TPSA) is 42.2 Å². The molecule has 1 aromatic heterocycles. The predicted octanol–water partition coefficient (Wildman–Crippen LogP) is 5.16. The van der Waals surface area contributed by atoms with Gasteiger partial charge in [-0.1, -0.05) is 49.4 Å². The molecule has 0 bridgehead atoms. The fourth-order valence-corrected chi connectivity index (χ4v) is 2.37. The summed E-state index contributed by atoms with van der Waals surface area (Å²) in [5.74, 6) is 1.24. The first-order chi connectivity index (χ1) is 11.7. The number of hydrogen-bond acceptors (Lipinski definition) is 2. The van der Waals surface area contributed by atoms with Gasteiger partial charge in [-0.05, 0) is 42.3 Å². The monoisotopic (exact) mass is 317 g/mol. The first kappa shape index (κ1) is 15.8. The summed E-state index contributed by atoms with van der Waals surface area (Å²) in [6, 6.07) is 21.4. The second-order valence-electron chi connectivity index (χ2n) is 5.44. The highest BCUT2D eigenvalue weighted by Gasteiger charge is 2.03. The van der Waals surface area contributed by atoms with Gasteiger partial charge in [0.25, 0.3) is 0 Å². The van der Waals surface area contributed by atoms with E-state index in [1.54, 1.807) is 6.08 Å². The SMILES string of the molecule is CCc1ccc(NC(=O)/C=C/c2ccc(-c3ccccc3)o2)cc1. The molecule has 0 atom stereocenters. The summed E-state index contributed by atoms with van der Waals surface area (Å²) in [5, 5.41) is 2.83. The summed E-state index contributed by atoms with van der Waals surface area (Å²) in [7, 11) is 0. The summed E-state index contributed by atoms with van der Waals surface area (Å²) >= 11 is 0. The summed E-state index contributed by atoms with van der Waals surface area (Å²) in [5.41, 5.74) is 3.04. The lowest BCUT2D eigenvalue weighted by Gasteiger charge is -2.02. The molecule has 3 nitrogen and oxygen atoms in total. The molecule has 3 rings (SSSR count). The Morgan fingerprint density at radius 2 is 1.75 bits per heavy atom. The van der Waals surface area contributed by atoms with Crippen molar-refractivity contribution >= 4 is 17.7 Å². The summed E-state index contributed by atoms with van der Waals surface area (Å²) in [6.07, 6.45) is 4.12. The van der Waals surface area contributed by atoms with Gasteiger partial charge in [0.15, 0.2) is 0 Å². The van der Waals surface area contributed by atoms with E-state index in [2.05, 4.69) is 12.2 Å². The van der Waals surface area contributed by atoms with Crippen LogP contribution in [0.3, 0.4) is 0 Å². The van der Waals surface area contributed by atoms with Crippen molar-refractivity contribution in [2.75, 3.05) is 5.32 Å². The quantitative estimate of drug-likeness (QED) is 0.660. The minimum Gasteiger partial charge on any atom is -0.457 e. The number of anilines is 1. The number of nitrogens with one attached hydrogen (secondary N) is 1. The molecule has 0 unspecified atom stereocenters. The summed E-state index contributed by atoms with van der Waals surface area (Å²) < 4.78 is 5.73. The van der Waals surface area contributed by atoms with E-state index in [0.29, 0.717) is 5.76 Å². The average molecular weight is 317 g/mol. The Kier molecular flexibility index (Phi) is 4.92. The highest BCUT2D eigenvalue weighted by molar-refractivity contribution is 6.01. The van der Waals surface area contributed by atoms with Gasteiger partial charge in [-0.15, -0.1) is 0 Å². The highest BCUT2D eigenvalue weighted by atomic mass is 16.3. The molecule has 1 heterocycles. The Labute approximate surface area is 141 Å². The van der Waals surface area contributed by atoms with Crippen molar-refractivity contribution in [3.8, 4) is 11.3 Å². The Hall–Kier alpha value is -3.07. The van der Waals surface area contributed by atoms with Crippen molar-refractivity contribution < 1.29 is 9.21 Å². The lowest BCUT2D eigenvalue weighted by molar-refractivity contribution is -0.111. The van der Waals surface area contributed by atoms with Crippen LogP contribution in [0, 0.1) is 0 Å². The molecule has 0 saturated carbocycles. The Morgan fingerprint density at radius 3 is 2.46 bits per heavy atom. The van der Waals surface area contributed by atoms with Crippen LogP contribution in [-0.4, -0.2) is 5.91 Å². The maximum absolute atomic E-state index is 12.0. The summed E-state index contributed by atoms with van der Waals surface area (Å²) in [6.45, 7) is 2.10. The van der Waals surface area contributed by atoms with Gasteiger partial charge in [0.1, 0.15) is 11.5 Å². The molecule has 24 heavy (non-hydrogen) atoms. The van der Waals surface area contributed by atoms with E-state index < -0.39 is 0 Å². The van der Waals surface area contributed by atoms with E-state index in [9.17, 15) is 4.79 Å². The smallest absolute Gasteiger partial charge is 0.248 e.